The SMILES string of the molecule is CNCc1ccc(COCCCc2ccccc2)c(Br)c1. The summed E-state index contributed by atoms with van der Waals surface area (Å²) in [6.07, 6.45) is 2.13. The first kappa shape index (κ1) is 16.2. The molecule has 112 valence electrons. The van der Waals surface area contributed by atoms with Gasteiger partial charge in [-0.1, -0.05) is 58.4 Å². The lowest BCUT2D eigenvalue weighted by Gasteiger charge is -2.08. The number of hydrogen-bond donors (Lipinski definition) is 1. The summed E-state index contributed by atoms with van der Waals surface area (Å²) in [6, 6.07) is 17.0. The number of benzene rings is 2. The second kappa shape index (κ2) is 8.98. The maximum absolute atomic E-state index is 5.78. The van der Waals surface area contributed by atoms with E-state index in [1.165, 1.54) is 16.7 Å². The zero-order valence-corrected chi connectivity index (χ0v) is 14.0. The summed E-state index contributed by atoms with van der Waals surface area (Å²) in [5.41, 5.74) is 3.85. The number of halogens is 1. The molecule has 0 spiro atoms. The first-order valence-electron chi connectivity index (χ1n) is 7.33. The molecule has 0 atom stereocenters. The number of nitrogens with one attached hydrogen (secondary N) is 1. The van der Waals surface area contributed by atoms with Crippen molar-refractivity contribution in [1.29, 1.82) is 0 Å². The molecule has 0 saturated heterocycles. The minimum absolute atomic E-state index is 0.662. The lowest BCUT2D eigenvalue weighted by molar-refractivity contribution is 0.118. The van der Waals surface area contributed by atoms with Crippen LogP contribution in [-0.4, -0.2) is 13.7 Å². The minimum Gasteiger partial charge on any atom is -0.377 e. The monoisotopic (exact) mass is 347 g/mol. The average Bonchev–Trinajstić information content (AvgIpc) is 2.50. The van der Waals surface area contributed by atoms with Gasteiger partial charge in [-0.15, -0.1) is 0 Å². The topological polar surface area (TPSA) is 21.3 Å². The summed E-state index contributed by atoms with van der Waals surface area (Å²) in [6.45, 7) is 2.34. The van der Waals surface area contributed by atoms with Crippen LogP contribution in [0.5, 0.6) is 0 Å². The molecule has 2 aromatic rings. The fourth-order valence-electron chi connectivity index (χ4n) is 2.23. The van der Waals surface area contributed by atoms with E-state index in [1.807, 2.05) is 7.05 Å². The van der Waals surface area contributed by atoms with Crippen LogP contribution in [-0.2, 0) is 24.3 Å². The Kier molecular flexibility index (Phi) is 6.93. The average molecular weight is 348 g/mol. The Morgan fingerprint density at radius 1 is 1.05 bits per heavy atom. The Morgan fingerprint density at radius 3 is 2.57 bits per heavy atom. The van der Waals surface area contributed by atoms with Crippen LogP contribution in [0.25, 0.3) is 0 Å². The molecule has 0 aromatic heterocycles. The van der Waals surface area contributed by atoms with E-state index in [-0.39, 0.29) is 0 Å². The smallest absolute Gasteiger partial charge is 0.0727 e. The van der Waals surface area contributed by atoms with Gasteiger partial charge in [-0.3, -0.25) is 0 Å². The predicted octanol–water partition coefficient (Wildman–Crippen LogP) is 4.32. The summed E-state index contributed by atoms with van der Waals surface area (Å²) >= 11 is 3.62. The van der Waals surface area contributed by atoms with Gasteiger partial charge in [0.25, 0.3) is 0 Å². The van der Waals surface area contributed by atoms with Gasteiger partial charge in [0.2, 0.25) is 0 Å². The van der Waals surface area contributed by atoms with E-state index < -0.39 is 0 Å². The van der Waals surface area contributed by atoms with Gasteiger partial charge in [-0.05, 0) is 42.6 Å². The van der Waals surface area contributed by atoms with Crippen LogP contribution >= 0.6 is 15.9 Å². The predicted molar refractivity (Wildman–Crippen MR) is 91.3 cm³/mol. The maximum atomic E-state index is 5.78. The van der Waals surface area contributed by atoms with Crippen molar-refractivity contribution in [1.82, 2.24) is 5.32 Å². The van der Waals surface area contributed by atoms with E-state index in [0.29, 0.717) is 6.61 Å². The van der Waals surface area contributed by atoms with E-state index in [9.17, 15) is 0 Å². The number of hydrogen-bond acceptors (Lipinski definition) is 2. The molecule has 0 heterocycles. The van der Waals surface area contributed by atoms with Crippen LogP contribution in [0, 0.1) is 0 Å². The molecule has 0 amide bonds. The van der Waals surface area contributed by atoms with Crippen LogP contribution in [0.15, 0.2) is 53.0 Å². The summed E-state index contributed by atoms with van der Waals surface area (Å²) in [5.74, 6) is 0. The third-order valence-electron chi connectivity index (χ3n) is 3.35. The van der Waals surface area contributed by atoms with Crippen molar-refractivity contribution in [3.63, 3.8) is 0 Å². The molecule has 2 aromatic carbocycles. The van der Waals surface area contributed by atoms with Crippen molar-refractivity contribution in [2.75, 3.05) is 13.7 Å². The van der Waals surface area contributed by atoms with E-state index >= 15 is 0 Å². The van der Waals surface area contributed by atoms with Gasteiger partial charge in [-0.25, -0.2) is 0 Å². The van der Waals surface area contributed by atoms with Crippen LogP contribution in [0.1, 0.15) is 23.1 Å². The van der Waals surface area contributed by atoms with Gasteiger partial charge in [-0.2, -0.15) is 0 Å². The Morgan fingerprint density at radius 2 is 1.86 bits per heavy atom. The van der Waals surface area contributed by atoms with Crippen LogP contribution in [0.4, 0.5) is 0 Å². The lowest BCUT2D eigenvalue weighted by Crippen LogP contribution is -2.05. The maximum Gasteiger partial charge on any atom is 0.0727 e. The third kappa shape index (κ3) is 5.62. The fraction of sp³-hybridized carbons (Fsp3) is 0.333. The Bertz CT molecular complexity index is 542. The number of aryl methyl sites for hydroxylation is 1. The van der Waals surface area contributed by atoms with Crippen LogP contribution in [0.3, 0.4) is 0 Å². The highest BCUT2D eigenvalue weighted by molar-refractivity contribution is 9.10. The van der Waals surface area contributed by atoms with Crippen LogP contribution in [0.2, 0.25) is 0 Å². The molecule has 0 fully saturated rings. The minimum atomic E-state index is 0.662. The van der Waals surface area contributed by atoms with Crippen molar-refractivity contribution >= 4 is 15.9 Å². The molecular weight excluding hydrogens is 326 g/mol. The molecule has 2 rings (SSSR count). The van der Waals surface area contributed by atoms with Gasteiger partial charge in [0, 0.05) is 17.6 Å². The normalized spacial score (nSPS) is 10.8. The largest absolute Gasteiger partial charge is 0.377 e. The highest BCUT2D eigenvalue weighted by atomic mass is 79.9. The highest BCUT2D eigenvalue weighted by Crippen LogP contribution is 2.19. The van der Waals surface area contributed by atoms with Gasteiger partial charge >= 0.3 is 0 Å². The molecule has 0 saturated carbocycles. The number of rotatable bonds is 8. The fourth-order valence-corrected chi connectivity index (χ4v) is 2.77. The van der Waals surface area contributed by atoms with E-state index in [4.69, 9.17) is 4.74 Å². The van der Waals surface area contributed by atoms with E-state index in [1.54, 1.807) is 0 Å². The van der Waals surface area contributed by atoms with Gasteiger partial charge in [0.15, 0.2) is 0 Å². The quantitative estimate of drug-likeness (QED) is 0.718. The zero-order valence-electron chi connectivity index (χ0n) is 12.4. The Hall–Kier alpha value is -1.16. The molecule has 0 aliphatic carbocycles. The molecule has 21 heavy (non-hydrogen) atoms. The molecule has 0 aliphatic rings. The molecule has 0 aliphatic heterocycles. The third-order valence-corrected chi connectivity index (χ3v) is 4.09. The standard InChI is InChI=1S/C18H22BrNO/c1-20-13-16-9-10-17(18(19)12-16)14-21-11-5-8-15-6-3-2-4-7-15/h2-4,6-7,9-10,12,20H,5,8,11,13-14H2,1H3. The number of ether oxygens (including phenoxy) is 1. The van der Waals surface area contributed by atoms with E-state index in [0.717, 1.165) is 30.5 Å². The zero-order chi connectivity index (χ0) is 14.9. The highest BCUT2D eigenvalue weighted by Gasteiger charge is 2.02. The molecule has 3 heteroatoms. The second-order valence-corrected chi connectivity index (χ2v) is 5.95. The summed E-state index contributed by atoms with van der Waals surface area (Å²) in [4.78, 5) is 0. The Labute approximate surface area is 135 Å². The lowest BCUT2D eigenvalue weighted by atomic mass is 10.1. The van der Waals surface area contributed by atoms with Crippen LogP contribution < -0.4 is 5.32 Å². The first-order valence-corrected chi connectivity index (χ1v) is 8.12. The van der Waals surface area contributed by atoms with Gasteiger partial charge < -0.3 is 10.1 Å². The molecule has 0 radical (unpaired) electrons. The van der Waals surface area contributed by atoms with Crippen molar-refractivity contribution in [2.45, 2.75) is 26.0 Å². The molecule has 0 unspecified atom stereocenters. The van der Waals surface area contributed by atoms with Crippen molar-refractivity contribution in [3.05, 3.63) is 69.7 Å². The molecule has 1 N–H and O–H groups in total. The van der Waals surface area contributed by atoms with Crippen molar-refractivity contribution in [3.8, 4) is 0 Å². The second-order valence-electron chi connectivity index (χ2n) is 5.10. The van der Waals surface area contributed by atoms with E-state index in [2.05, 4.69) is 69.8 Å². The molecule has 2 nitrogen and oxygen atoms in total. The summed E-state index contributed by atoms with van der Waals surface area (Å²) in [7, 11) is 1.96. The first-order chi connectivity index (χ1) is 10.3. The summed E-state index contributed by atoms with van der Waals surface area (Å²) in [5, 5.41) is 3.15. The van der Waals surface area contributed by atoms with Gasteiger partial charge in [0.05, 0.1) is 6.61 Å². The Balaban J connectivity index is 1.71. The van der Waals surface area contributed by atoms with Crippen molar-refractivity contribution in [2.24, 2.45) is 0 Å². The molecule has 0 bridgehead atoms. The molecular formula is C18H22BrNO. The van der Waals surface area contributed by atoms with Gasteiger partial charge in [0.1, 0.15) is 0 Å². The summed E-state index contributed by atoms with van der Waals surface area (Å²) < 4.78 is 6.90. The van der Waals surface area contributed by atoms with Crippen molar-refractivity contribution < 1.29 is 4.74 Å².